The van der Waals surface area contributed by atoms with E-state index >= 15 is 0 Å². The average Bonchev–Trinajstić information content (AvgIpc) is 2.82. The molecule has 0 aliphatic heterocycles. The van der Waals surface area contributed by atoms with Crippen molar-refractivity contribution in [1.82, 2.24) is 10.3 Å². The molecule has 1 unspecified atom stereocenters. The first kappa shape index (κ1) is 24.4. The summed E-state index contributed by atoms with van der Waals surface area (Å²) in [5.74, 6) is -0.0870. The number of hydrazine groups is 1. The zero-order chi connectivity index (χ0) is 24.0. The lowest BCUT2D eigenvalue weighted by Gasteiger charge is -2.29. The minimum absolute atomic E-state index is 0.211. The first-order valence-corrected chi connectivity index (χ1v) is 11.1. The van der Waals surface area contributed by atoms with Gasteiger partial charge in [0.25, 0.3) is 11.8 Å². The Balaban J connectivity index is 1.93. The van der Waals surface area contributed by atoms with Gasteiger partial charge in [0.15, 0.2) is 0 Å². The van der Waals surface area contributed by atoms with Gasteiger partial charge in [-0.3, -0.25) is 20.0 Å². The number of anilines is 1. The molecule has 172 valence electrons. The van der Waals surface area contributed by atoms with Crippen LogP contribution in [-0.4, -0.2) is 30.5 Å². The van der Waals surface area contributed by atoms with Gasteiger partial charge in [-0.2, -0.15) is 0 Å². The summed E-state index contributed by atoms with van der Waals surface area (Å²) in [5, 5.41) is 4.75. The van der Waals surface area contributed by atoms with E-state index < -0.39 is 17.9 Å². The highest BCUT2D eigenvalue weighted by Gasteiger charge is 2.30. The second-order valence-corrected chi connectivity index (χ2v) is 8.13. The minimum atomic E-state index is -1.06. The van der Waals surface area contributed by atoms with Crippen LogP contribution in [0.4, 0.5) is 5.69 Å². The van der Waals surface area contributed by atoms with Crippen LogP contribution in [0, 0.1) is 6.92 Å². The van der Waals surface area contributed by atoms with Crippen molar-refractivity contribution in [2.45, 2.75) is 19.9 Å². The van der Waals surface area contributed by atoms with Gasteiger partial charge in [0, 0.05) is 17.7 Å². The molecule has 2 amide bonds. The van der Waals surface area contributed by atoms with Gasteiger partial charge in [-0.15, -0.1) is 0 Å². The molecule has 2 N–H and O–H groups in total. The van der Waals surface area contributed by atoms with Crippen LogP contribution in [0.25, 0.3) is 0 Å². The van der Waals surface area contributed by atoms with Gasteiger partial charge in [-0.05, 0) is 56.3 Å². The number of nitrogens with zero attached hydrogens (tertiary/aromatic N) is 1. The van der Waals surface area contributed by atoms with E-state index in [9.17, 15) is 9.59 Å². The van der Waals surface area contributed by atoms with Crippen molar-refractivity contribution in [3.05, 3.63) is 93.5 Å². The summed E-state index contributed by atoms with van der Waals surface area (Å²) in [4.78, 5) is 26.7. The maximum absolute atomic E-state index is 13.6. The fourth-order valence-corrected chi connectivity index (χ4v) is 3.70. The molecule has 0 aliphatic rings. The lowest BCUT2D eigenvalue weighted by Crippen LogP contribution is -2.45. The van der Waals surface area contributed by atoms with Crippen LogP contribution in [0.15, 0.2) is 66.7 Å². The number of halogens is 2. The summed E-state index contributed by atoms with van der Waals surface area (Å²) >= 11 is 12.7. The van der Waals surface area contributed by atoms with Crippen LogP contribution < -0.4 is 15.5 Å². The Labute approximate surface area is 203 Å². The van der Waals surface area contributed by atoms with E-state index in [0.29, 0.717) is 34.1 Å². The van der Waals surface area contributed by atoms with Gasteiger partial charge in [0.2, 0.25) is 0 Å². The number of benzene rings is 3. The van der Waals surface area contributed by atoms with Gasteiger partial charge in [-0.25, -0.2) is 0 Å². The number of hydrogen-bond donors (Lipinski definition) is 2. The van der Waals surface area contributed by atoms with Gasteiger partial charge >= 0.3 is 0 Å². The summed E-state index contributed by atoms with van der Waals surface area (Å²) in [6, 6.07) is 18.2. The van der Waals surface area contributed by atoms with E-state index in [1.165, 1.54) is 5.01 Å². The van der Waals surface area contributed by atoms with E-state index in [1.807, 2.05) is 19.9 Å². The van der Waals surface area contributed by atoms with Crippen LogP contribution in [0.5, 0.6) is 5.75 Å². The standard InChI is InChI=1S/C25H25Cl2N3O3/c1-4-30(29-18-11-13-19(33-3)14-12-18)25(32)23(20-9-6-10-21(26)22(20)27)28-24(31)17-8-5-7-16(2)15-17/h5-15,23,29H,4H2,1-3H3,(H,28,31). The number of aryl methyl sites for hydroxylation is 1. The number of amides is 2. The van der Waals surface area contributed by atoms with Gasteiger partial charge < -0.3 is 10.1 Å². The topological polar surface area (TPSA) is 70.7 Å². The van der Waals surface area contributed by atoms with Gasteiger partial charge in [0.05, 0.1) is 22.8 Å². The minimum Gasteiger partial charge on any atom is -0.497 e. The Morgan fingerprint density at radius 3 is 2.36 bits per heavy atom. The Morgan fingerprint density at radius 1 is 1.03 bits per heavy atom. The fraction of sp³-hybridized carbons (Fsp3) is 0.200. The second-order valence-electron chi connectivity index (χ2n) is 7.34. The summed E-state index contributed by atoms with van der Waals surface area (Å²) in [6.45, 7) is 4.05. The predicted octanol–water partition coefficient (Wildman–Crippen LogP) is 5.66. The molecule has 0 radical (unpaired) electrons. The Kier molecular flexibility index (Phi) is 8.20. The van der Waals surface area contributed by atoms with Crippen molar-refractivity contribution in [3.8, 4) is 5.75 Å². The molecule has 0 aliphatic carbocycles. The number of nitrogens with one attached hydrogen (secondary N) is 2. The molecule has 1 atom stereocenters. The molecule has 0 saturated carbocycles. The van der Waals surface area contributed by atoms with Crippen LogP contribution in [0.1, 0.15) is 34.5 Å². The zero-order valence-corrected chi connectivity index (χ0v) is 20.1. The molecule has 8 heteroatoms. The van der Waals surface area contributed by atoms with Gasteiger partial charge in [-0.1, -0.05) is 53.0 Å². The highest BCUT2D eigenvalue weighted by molar-refractivity contribution is 6.42. The molecule has 3 rings (SSSR count). The number of hydrogen-bond acceptors (Lipinski definition) is 4. The molecular formula is C25H25Cl2N3O3. The molecule has 0 saturated heterocycles. The lowest BCUT2D eigenvalue weighted by atomic mass is 10.0. The summed E-state index contributed by atoms with van der Waals surface area (Å²) in [6.07, 6.45) is 0. The molecule has 6 nitrogen and oxygen atoms in total. The number of carbonyl (C=O) groups is 2. The van der Waals surface area contributed by atoms with Crippen LogP contribution in [-0.2, 0) is 4.79 Å². The molecule has 0 spiro atoms. The Morgan fingerprint density at radius 2 is 1.73 bits per heavy atom. The van der Waals surface area contributed by atoms with E-state index in [0.717, 1.165) is 5.56 Å². The monoisotopic (exact) mass is 485 g/mol. The van der Waals surface area contributed by atoms with E-state index in [-0.39, 0.29) is 5.02 Å². The van der Waals surface area contributed by atoms with Crippen molar-refractivity contribution in [2.24, 2.45) is 0 Å². The summed E-state index contributed by atoms with van der Waals surface area (Å²) in [7, 11) is 1.58. The highest BCUT2D eigenvalue weighted by atomic mass is 35.5. The third kappa shape index (κ3) is 5.97. The normalized spacial score (nSPS) is 11.4. The Hall–Kier alpha value is -3.22. The first-order valence-electron chi connectivity index (χ1n) is 10.4. The molecule has 3 aromatic carbocycles. The van der Waals surface area contributed by atoms with Crippen LogP contribution >= 0.6 is 23.2 Å². The van der Waals surface area contributed by atoms with Crippen LogP contribution in [0.3, 0.4) is 0 Å². The number of carbonyl (C=O) groups excluding carboxylic acids is 2. The molecule has 0 bridgehead atoms. The smallest absolute Gasteiger partial charge is 0.268 e. The number of methoxy groups -OCH3 is 1. The highest BCUT2D eigenvalue weighted by Crippen LogP contribution is 2.31. The maximum atomic E-state index is 13.6. The largest absolute Gasteiger partial charge is 0.497 e. The maximum Gasteiger partial charge on any atom is 0.268 e. The van der Waals surface area contributed by atoms with Crippen molar-refractivity contribution >= 4 is 40.7 Å². The molecule has 33 heavy (non-hydrogen) atoms. The first-order chi connectivity index (χ1) is 15.8. The summed E-state index contributed by atoms with van der Waals surface area (Å²) < 4.78 is 5.18. The molecular weight excluding hydrogens is 461 g/mol. The molecule has 0 aromatic heterocycles. The molecule has 0 heterocycles. The Bertz CT molecular complexity index is 1140. The zero-order valence-electron chi connectivity index (χ0n) is 18.6. The third-order valence-electron chi connectivity index (χ3n) is 5.03. The van der Waals surface area contributed by atoms with Crippen LogP contribution in [0.2, 0.25) is 10.0 Å². The quantitative estimate of drug-likeness (QED) is 0.404. The number of ether oxygens (including phenoxy) is 1. The summed E-state index contributed by atoms with van der Waals surface area (Å²) in [5.41, 5.74) is 5.56. The van der Waals surface area contributed by atoms with E-state index in [1.54, 1.807) is 67.8 Å². The predicted molar refractivity (Wildman–Crippen MR) is 132 cm³/mol. The van der Waals surface area contributed by atoms with Crippen molar-refractivity contribution in [3.63, 3.8) is 0 Å². The molecule has 3 aromatic rings. The van der Waals surface area contributed by atoms with Gasteiger partial charge in [0.1, 0.15) is 11.8 Å². The average molecular weight is 486 g/mol. The number of rotatable bonds is 8. The lowest BCUT2D eigenvalue weighted by molar-refractivity contribution is -0.131. The fourth-order valence-electron chi connectivity index (χ4n) is 3.28. The van der Waals surface area contributed by atoms with Crippen molar-refractivity contribution in [2.75, 3.05) is 19.1 Å². The third-order valence-corrected chi connectivity index (χ3v) is 5.86. The second kappa shape index (κ2) is 11.1. The van der Waals surface area contributed by atoms with Crippen molar-refractivity contribution < 1.29 is 14.3 Å². The van der Waals surface area contributed by atoms with E-state index in [4.69, 9.17) is 27.9 Å². The SMILES string of the molecule is CCN(Nc1ccc(OC)cc1)C(=O)C(NC(=O)c1cccc(C)c1)c1cccc(Cl)c1Cl. The van der Waals surface area contributed by atoms with Crippen molar-refractivity contribution in [1.29, 1.82) is 0 Å². The molecule has 0 fully saturated rings. The van der Waals surface area contributed by atoms with E-state index in [2.05, 4.69) is 10.7 Å². The number of likely N-dealkylation sites (N-methyl/N-ethyl adjacent to an activating group) is 1.